The van der Waals surface area contributed by atoms with Gasteiger partial charge in [-0.1, -0.05) is 24.3 Å². The van der Waals surface area contributed by atoms with E-state index in [0.29, 0.717) is 30.2 Å². The maximum Gasteiger partial charge on any atom is 0.337 e. The van der Waals surface area contributed by atoms with Gasteiger partial charge in [0.1, 0.15) is 5.82 Å². The highest BCUT2D eigenvalue weighted by atomic mass is 32.2. The molecule has 0 radical (unpaired) electrons. The fourth-order valence-corrected chi connectivity index (χ4v) is 3.40. The molecule has 154 valence electrons. The quantitative estimate of drug-likeness (QED) is 0.522. The highest BCUT2D eigenvalue weighted by molar-refractivity contribution is 8.07. The first-order valence-corrected chi connectivity index (χ1v) is 10.6. The fourth-order valence-electron chi connectivity index (χ4n) is 2.89. The summed E-state index contributed by atoms with van der Waals surface area (Å²) >= 11 is 1.60. The Balaban J connectivity index is 2.39. The summed E-state index contributed by atoms with van der Waals surface area (Å²) < 4.78 is 5.32. The number of nitrogens with zero attached hydrogens (tertiary/aromatic N) is 2. The molecular formula is C22H27N3O3S. The van der Waals surface area contributed by atoms with Crippen molar-refractivity contribution in [1.82, 2.24) is 9.97 Å². The molecule has 0 bridgehead atoms. The van der Waals surface area contributed by atoms with Crippen molar-refractivity contribution in [2.45, 2.75) is 33.3 Å². The van der Waals surface area contributed by atoms with E-state index < -0.39 is 12.1 Å². The number of hydrogen-bond donors (Lipinski definition) is 2. The van der Waals surface area contributed by atoms with E-state index in [1.807, 2.05) is 44.4 Å². The lowest BCUT2D eigenvalue weighted by molar-refractivity contribution is -0.150. The minimum absolute atomic E-state index is 0.327. The van der Waals surface area contributed by atoms with E-state index in [1.54, 1.807) is 30.8 Å². The molecule has 1 aromatic heterocycles. The van der Waals surface area contributed by atoms with E-state index in [2.05, 4.69) is 16.9 Å². The molecular weight excluding hydrogens is 386 g/mol. The van der Waals surface area contributed by atoms with Gasteiger partial charge in [-0.2, -0.15) is 0 Å². The average Bonchev–Trinajstić information content (AvgIpc) is 2.70. The van der Waals surface area contributed by atoms with Crippen molar-refractivity contribution >= 4 is 34.1 Å². The summed E-state index contributed by atoms with van der Waals surface area (Å²) in [6.07, 6.45) is 5.48. The van der Waals surface area contributed by atoms with Crippen LogP contribution in [0.5, 0.6) is 0 Å². The van der Waals surface area contributed by atoms with Gasteiger partial charge in [-0.15, -0.1) is 18.3 Å². The first-order chi connectivity index (χ1) is 13.9. The second kappa shape index (κ2) is 10.8. The molecule has 0 spiro atoms. The lowest BCUT2D eigenvalue weighted by Gasteiger charge is -2.16. The van der Waals surface area contributed by atoms with Gasteiger partial charge in [0.05, 0.1) is 0 Å². The van der Waals surface area contributed by atoms with E-state index >= 15 is 0 Å². The number of ether oxygens (including phenoxy) is 1. The maximum absolute atomic E-state index is 11.4. The number of carbonyl (C=O) groups is 1. The molecule has 1 heterocycles. The standard InChI is InChI=1S/C22H27N3O3S/c1-6-9-17-14(4)23-21(18(7-2)29-5)25-20(17)24-16-12-10-15(11-13-16)19(22(26)27)28-8-3/h6-7,10-13,19H,1,8-9H2,2-5H3,(H,26,27)(H,23,24,25)/b18-7-. The number of benzene rings is 1. The van der Waals surface area contributed by atoms with Crippen LogP contribution in [0.2, 0.25) is 0 Å². The third-order valence-corrected chi connectivity index (χ3v) is 5.16. The first kappa shape index (κ1) is 22.6. The maximum atomic E-state index is 11.4. The number of allylic oxidation sites excluding steroid dienone is 2. The molecule has 6 nitrogen and oxygen atoms in total. The van der Waals surface area contributed by atoms with Gasteiger partial charge < -0.3 is 15.2 Å². The fraction of sp³-hybridized carbons (Fsp3) is 0.318. The molecule has 0 aliphatic heterocycles. The lowest BCUT2D eigenvalue weighted by atomic mass is 10.1. The second-order valence-corrected chi connectivity index (χ2v) is 7.08. The van der Waals surface area contributed by atoms with Crippen LogP contribution >= 0.6 is 11.8 Å². The van der Waals surface area contributed by atoms with Crippen molar-refractivity contribution in [1.29, 1.82) is 0 Å². The molecule has 0 saturated carbocycles. The summed E-state index contributed by atoms with van der Waals surface area (Å²) in [6, 6.07) is 7.14. The van der Waals surface area contributed by atoms with Gasteiger partial charge in [0.15, 0.2) is 11.9 Å². The Labute approximate surface area is 176 Å². The summed E-state index contributed by atoms with van der Waals surface area (Å²) in [6.45, 7) is 9.86. The lowest BCUT2D eigenvalue weighted by Crippen LogP contribution is -2.15. The molecule has 7 heteroatoms. The van der Waals surface area contributed by atoms with Crippen LogP contribution in [0.1, 0.15) is 42.6 Å². The van der Waals surface area contributed by atoms with E-state index in [-0.39, 0.29) is 0 Å². The zero-order chi connectivity index (χ0) is 21.4. The molecule has 0 amide bonds. The van der Waals surface area contributed by atoms with Gasteiger partial charge in [0, 0.05) is 28.5 Å². The van der Waals surface area contributed by atoms with Crippen LogP contribution < -0.4 is 5.32 Å². The van der Waals surface area contributed by atoms with Crippen LogP contribution in [-0.2, 0) is 16.0 Å². The number of aromatic nitrogens is 2. The SMILES string of the molecule is C=CCc1c(C)nc(/C(=C/C)SC)nc1Nc1ccc(C(OCC)C(=O)O)cc1. The predicted molar refractivity (Wildman–Crippen MR) is 120 cm³/mol. The second-order valence-electron chi connectivity index (χ2n) is 6.23. The number of nitrogens with one attached hydrogen (secondary N) is 1. The van der Waals surface area contributed by atoms with Crippen molar-refractivity contribution in [3.05, 3.63) is 65.6 Å². The van der Waals surface area contributed by atoms with E-state index in [4.69, 9.17) is 9.72 Å². The number of rotatable bonds is 10. The van der Waals surface area contributed by atoms with Crippen molar-refractivity contribution in [2.75, 3.05) is 18.2 Å². The Morgan fingerprint density at radius 2 is 2.03 bits per heavy atom. The number of aryl methyl sites for hydroxylation is 1. The third-order valence-electron chi connectivity index (χ3n) is 4.30. The van der Waals surface area contributed by atoms with Crippen molar-refractivity contribution < 1.29 is 14.6 Å². The van der Waals surface area contributed by atoms with Gasteiger partial charge in [0.25, 0.3) is 0 Å². The van der Waals surface area contributed by atoms with Crippen LogP contribution in [0, 0.1) is 6.92 Å². The smallest absolute Gasteiger partial charge is 0.337 e. The molecule has 0 aliphatic rings. The first-order valence-electron chi connectivity index (χ1n) is 9.35. The molecule has 2 N–H and O–H groups in total. The molecule has 1 unspecified atom stereocenters. The third kappa shape index (κ3) is 5.68. The van der Waals surface area contributed by atoms with E-state index in [1.165, 1.54) is 0 Å². The Bertz CT molecular complexity index is 895. The Morgan fingerprint density at radius 1 is 1.34 bits per heavy atom. The zero-order valence-electron chi connectivity index (χ0n) is 17.2. The molecule has 0 aliphatic carbocycles. The van der Waals surface area contributed by atoms with E-state index in [9.17, 15) is 9.90 Å². The normalized spacial score (nSPS) is 12.5. The highest BCUT2D eigenvalue weighted by Crippen LogP contribution is 2.28. The van der Waals surface area contributed by atoms with Crippen LogP contribution in [-0.4, -0.2) is 33.9 Å². The summed E-state index contributed by atoms with van der Waals surface area (Å²) in [7, 11) is 0. The van der Waals surface area contributed by atoms with Gasteiger partial charge in [-0.25, -0.2) is 14.8 Å². The Morgan fingerprint density at radius 3 is 2.55 bits per heavy atom. The number of thioether (sulfide) groups is 1. The Kier molecular flexibility index (Phi) is 8.42. The van der Waals surface area contributed by atoms with Crippen molar-refractivity contribution in [2.24, 2.45) is 0 Å². The van der Waals surface area contributed by atoms with Gasteiger partial charge in [-0.3, -0.25) is 0 Å². The summed E-state index contributed by atoms with van der Waals surface area (Å²) in [5.74, 6) is 0.382. The van der Waals surface area contributed by atoms with Crippen LogP contribution in [0.3, 0.4) is 0 Å². The summed E-state index contributed by atoms with van der Waals surface area (Å²) in [5, 5.41) is 12.7. The minimum Gasteiger partial charge on any atom is -0.479 e. The Hall–Kier alpha value is -2.64. The van der Waals surface area contributed by atoms with Crippen LogP contribution in [0.15, 0.2) is 43.0 Å². The largest absolute Gasteiger partial charge is 0.479 e. The number of carboxylic acids is 1. The molecule has 2 aromatic rings. The van der Waals surface area contributed by atoms with Crippen molar-refractivity contribution in [3.63, 3.8) is 0 Å². The molecule has 0 fully saturated rings. The highest BCUT2D eigenvalue weighted by Gasteiger charge is 2.20. The molecule has 29 heavy (non-hydrogen) atoms. The summed E-state index contributed by atoms with van der Waals surface area (Å²) in [5.41, 5.74) is 3.26. The molecule has 1 aromatic carbocycles. The predicted octanol–water partition coefficient (Wildman–Crippen LogP) is 5.14. The van der Waals surface area contributed by atoms with Crippen LogP contribution in [0.25, 0.3) is 4.91 Å². The van der Waals surface area contributed by atoms with Crippen molar-refractivity contribution in [3.8, 4) is 0 Å². The van der Waals surface area contributed by atoms with Gasteiger partial charge >= 0.3 is 5.97 Å². The number of hydrogen-bond acceptors (Lipinski definition) is 6. The summed E-state index contributed by atoms with van der Waals surface area (Å²) in [4.78, 5) is 21.8. The van der Waals surface area contributed by atoms with Gasteiger partial charge in [0.2, 0.25) is 0 Å². The number of carboxylic acid groups (broad SMARTS) is 1. The van der Waals surface area contributed by atoms with Crippen LogP contribution in [0.4, 0.5) is 11.5 Å². The number of aliphatic carboxylic acids is 1. The zero-order valence-corrected chi connectivity index (χ0v) is 18.0. The molecule has 0 saturated heterocycles. The average molecular weight is 414 g/mol. The molecule has 1 atom stereocenters. The topological polar surface area (TPSA) is 84.3 Å². The van der Waals surface area contributed by atoms with E-state index in [0.717, 1.165) is 21.8 Å². The number of anilines is 2. The monoisotopic (exact) mass is 413 g/mol. The molecule has 2 rings (SSSR count). The van der Waals surface area contributed by atoms with Gasteiger partial charge in [-0.05, 0) is 51.1 Å². The minimum atomic E-state index is -1.01.